The molecule has 0 saturated carbocycles. The van der Waals surface area contributed by atoms with Crippen molar-refractivity contribution in [2.75, 3.05) is 13.2 Å². The van der Waals surface area contributed by atoms with Gasteiger partial charge in [0.2, 0.25) is 0 Å². The van der Waals surface area contributed by atoms with E-state index in [4.69, 9.17) is 16.3 Å². The second-order valence-corrected chi connectivity index (χ2v) is 4.57. The molecule has 0 atom stereocenters. The molecule has 0 aliphatic heterocycles. The number of ether oxygens (including phenoxy) is 1. The van der Waals surface area contributed by atoms with E-state index < -0.39 is 0 Å². The molecule has 0 amide bonds. The molecular weight excluding hydrogens is 262 g/mol. The first-order chi connectivity index (χ1) is 9.29. The van der Waals surface area contributed by atoms with Crippen LogP contribution in [0.3, 0.4) is 0 Å². The standard InChI is InChI=1S/C14H18ClN3O/c1-2-16-11-12-4-5-14(13(15)10-12)19-9-8-18-7-3-6-17-18/h3-7,10,16H,2,8-9,11H2,1H3. The van der Waals surface area contributed by atoms with Gasteiger partial charge in [-0.25, -0.2) is 0 Å². The van der Waals surface area contributed by atoms with Crippen LogP contribution in [0.4, 0.5) is 0 Å². The highest BCUT2D eigenvalue weighted by molar-refractivity contribution is 6.32. The fourth-order valence-electron chi connectivity index (χ4n) is 1.72. The zero-order chi connectivity index (χ0) is 13.5. The van der Waals surface area contributed by atoms with E-state index in [0.29, 0.717) is 23.9 Å². The van der Waals surface area contributed by atoms with Crippen molar-refractivity contribution in [3.8, 4) is 5.75 Å². The Hall–Kier alpha value is -1.52. The maximum Gasteiger partial charge on any atom is 0.138 e. The maximum atomic E-state index is 6.19. The predicted molar refractivity (Wildman–Crippen MR) is 76.6 cm³/mol. The van der Waals surface area contributed by atoms with Crippen molar-refractivity contribution in [2.24, 2.45) is 0 Å². The molecule has 4 nitrogen and oxygen atoms in total. The quantitative estimate of drug-likeness (QED) is 0.847. The molecule has 1 heterocycles. The molecule has 0 bridgehead atoms. The Morgan fingerprint density at radius 2 is 2.32 bits per heavy atom. The van der Waals surface area contributed by atoms with Crippen molar-refractivity contribution in [3.05, 3.63) is 47.2 Å². The molecule has 2 rings (SSSR count). The van der Waals surface area contributed by atoms with Gasteiger partial charge in [0.15, 0.2) is 0 Å². The van der Waals surface area contributed by atoms with Crippen molar-refractivity contribution < 1.29 is 4.74 Å². The monoisotopic (exact) mass is 279 g/mol. The minimum Gasteiger partial charge on any atom is -0.490 e. The van der Waals surface area contributed by atoms with E-state index in [1.165, 1.54) is 0 Å². The lowest BCUT2D eigenvalue weighted by Gasteiger charge is -2.10. The number of hydrogen-bond donors (Lipinski definition) is 1. The summed E-state index contributed by atoms with van der Waals surface area (Å²) in [5, 5.41) is 8.02. The Balaban J connectivity index is 1.86. The summed E-state index contributed by atoms with van der Waals surface area (Å²) in [6, 6.07) is 7.77. The fourth-order valence-corrected chi connectivity index (χ4v) is 1.98. The van der Waals surface area contributed by atoms with Crippen LogP contribution < -0.4 is 10.1 Å². The Labute approximate surface area is 118 Å². The number of halogens is 1. The highest BCUT2D eigenvalue weighted by Gasteiger charge is 2.03. The van der Waals surface area contributed by atoms with Crippen molar-refractivity contribution in [3.63, 3.8) is 0 Å². The summed E-state index contributed by atoms with van der Waals surface area (Å²) >= 11 is 6.19. The van der Waals surface area contributed by atoms with Crippen LogP contribution >= 0.6 is 11.6 Å². The summed E-state index contributed by atoms with van der Waals surface area (Å²) in [4.78, 5) is 0. The number of benzene rings is 1. The molecule has 0 aliphatic carbocycles. The highest BCUT2D eigenvalue weighted by atomic mass is 35.5. The van der Waals surface area contributed by atoms with Crippen LogP contribution in [0, 0.1) is 0 Å². The van der Waals surface area contributed by atoms with Gasteiger partial charge in [0.1, 0.15) is 12.4 Å². The minimum absolute atomic E-state index is 0.550. The third-order valence-corrected chi connectivity index (χ3v) is 3.01. The number of nitrogens with one attached hydrogen (secondary N) is 1. The van der Waals surface area contributed by atoms with Gasteiger partial charge in [0.05, 0.1) is 11.6 Å². The van der Waals surface area contributed by atoms with Crippen molar-refractivity contribution in [1.82, 2.24) is 15.1 Å². The molecular formula is C14H18ClN3O. The highest BCUT2D eigenvalue weighted by Crippen LogP contribution is 2.25. The Morgan fingerprint density at radius 1 is 1.42 bits per heavy atom. The molecule has 19 heavy (non-hydrogen) atoms. The number of aromatic nitrogens is 2. The van der Waals surface area contributed by atoms with E-state index in [0.717, 1.165) is 18.7 Å². The molecule has 102 valence electrons. The van der Waals surface area contributed by atoms with Crippen LogP contribution in [0.2, 0.25) is 5.02 Å². The van der Waals surface area contributed by atoms with E-state index in [1.54, 1.807) is 6.20 Å². The van der Waals surface area contributed by atoms with E-state index in [1.807, 2.05) is 35.1 Å². The smallest absolute Gasteiger partial charge is 0.138 e. The summed E-state index contributed by atoms with van der Waals surface area (Å²) in [6.45, 7) is 5.11. The van der Waals surface area contributed by atoms with Crippen molar-refractivity contribution >= 4 is 11.6 Å². The Morgan fingerprint density at radius 3 is 3.00 bits per heavy atom. The number of nitrogens with zero attached hydrogens (tertiary/aromatic N) is 2. The van der Waals surface area contributed by atoms with Crippen LogP contribution in [-0.4, -0.2) is 22.9 Å². The molecule has 0 aliphatic rings. The Kier molecular flexibility index (Phi) is 5.24. The number of rotatable bonds is 7. The van der Waals surface area contributed by atoms with Gasteiger partial charge < -0.3 is 10.1 Å². The molecule has 0 fully saturated rings. The van der Waals surface area contributed by atoms with Gasteiger partial charge in [-0.05, 0) is 30.3 Å². The average molecular weight is 280 g/mol. The molecule has 1 aromatic carbocycles. The normalized spacial score (nSPS) is 10.6. The van der Waals surface area contributed by atoms with Crippen LogP contribution in [0.1, 0.15) is 12.5 Å². The van der Waals surface area contributed by atoms with Crippen LogP contribution in [-0.2, 0) is 13.1 Å². The molecule has 0 saturated heterocycles. The van der Waals surface area contributed by atoms with E-state index in [-0.39, 0.29) is 0 Å². The largest absolute Gasteiger partial charge is 0.490 e. The first-order valence-electron chi connectivity index (χ1n) is 6.39. The molecule has 5 heteroatoms. The topological polar surface area (TPSA) is 39.1 Å². The zero-order valence-corrected chi connectivity index (χ0v) is 11.7. The lowest BCUT2D eigenvalue weighted by Crippen LogP contribution is -2.12. The van der Waals surface area contributed by atoms with Crippen LogP contribution in [0.25, 0.3) is 0 Å². The zero-order valence-electron chi connectivity index (χ0n) is 11.0. The molecule has 2 aromatic rings. The summed E-state index contributed by atoms with van der Waals surface area (Å²) in [6.07, 6.45) is 3.66. The van der Waals surface area contributed by atoms with Gasteiger partial charge in [0, 0.05) is 18.9 Å². The van der Waals surface area contributed by atoms with Crippen molar-refractivity contribution in [1.29, 1.82) is 0 Å². The second kappa shape index (κ2) is 7.16. The third-order valence-electron chi connectivity index (χ3n) is 2.71. The minimum atomic E-state index is 0.550. The first kappa shape index (κ1) is 13.9. The van der Waals surface area contributed by atoms with Gasteiger partial charge in [-0.15, -0.1) is 0 Å². The predicted octanol–water partition coefficient (Wildman–Crippen LogP) is 2.73. The lowest BCUT2D eigenvalue weighted by molar-refractivity contribution is 0.291. The van der Waals surface area contributed by atoms with Gasteiger partial charge in [-0.2, -0.15) is 5.10 Å². The SMILES string of the molecule is CCNCc1ccc(OCCn2cccn2)c(Cl)c1. The molecule has 0 unspecified atom stereocenters. The first-order valence-corrected chi connectivity index (χ1v) is 6.76. The van der Waals surface area contributed by atoms with Gasteiger partial charge in [-0.1, -0.05) is 24.6 Å². The maximum absolute atomic E-state index is 6.19. The molecule has 1 aromatic heterocycles. The van der Waals surface area contributed by atoms with Crippen molar-refractivity contribution in [2.45, 2.75) is 20.0 Å². The van der Waals surface area contributed by atoms with Gasteiger partial charge >= 0.3 is 0 Å². The van der Waals surface area contributed by atoms with E-state index in [2.05, 4.69) is 17.3 Å². The second-order valence-electron chi connectivity index (χ2n) is 4.16. The van der Waals surface area contributed by atoms with Crippen LogP contribution in [0.15, 0.2) is 36.7 Å². The van der Waals surface area contributed by atoms with E-state index in [9.17, 15) is 0 Å². The molecule has 1 N–H and O–H groups in total. The number of hydrogen-bond acceptors (Lipinski definition) is 3. The van der Waals surface area contributed by atoms with Gasteiger partial charge in [0.25, 0.3) is 0 Å². The summed E-state index contributed by atoms with van der Waals surface area (Å²) in [5.74, 6) is 0.717. The fraction of sp³-hybridized carbons (Fsp3) is 0.357. The Bertz CT molecular complexity index is 499. The van der Waals surface area contributed by atoms with Gasteiger partial charge in [-0.3, -0.25) is 4.68 Å². The molecule has 0 spiro atoms. The summed E-state index contributed by atoms with van der Waals surface area (Å²) in [7, 11) is 0. The van der Waals surface area contributed by atoms with E-state index >= 15 is 0 Å². The summed E-state index contributed by atoms with van der Waals surface area (Å²) in [5.41, 5.74) is 1.16. The molecule has 0 radical (unpaired) electrons. The van der Waals surface area contributed by atoms with Crippen LogP contribution in [0.5, 0.6) is 5.75 Å². The average Bonchev–Trinajstić information content (AvgIpc) is 2.92. The third kappa shape index (κ3) is 4.26. The lowest BCUT2D eigenvalue weighted by atomic mass is 10.2. The summed E-state index contributed by atoms with van der Waals surface area (Å²) < 4.78 is 7.48.